The Bertz CT molecular complexity index is 819. The average molecular weight is 339 g/mol. The predicted molar refractivity (Wildman–Crippen MR) is 93.8 cm³/mol. The summed E-state index contributed by atoms with van der Waals surface area (Å²) >= 11 is 0. The van der Waals surface area contributed by atoms with Crippen LogP contribution in [0.25, 0.3) is 5.65 Å². The Kier molecular flexibility index (Phi) is 3.25. The topological polar surface area (TPSA) is 67.5 Å². The maximum atomic E-state index is 11.3. The van der Waals surface area contributed by atoms with Crippen LogP contribution in [0.3, 0.4) is 0 Å². The van der Waals surface area contributed by atoms with Crippen molar-refractivity contribution in [3.8, 4) is 0 Å². The van der Waals surface area contributed by atoms with E-state index >= 15 is 0 Å². The Morgan fingerprint density at radius 2 is 1.84 bits per heavy atom. The Morgan fingerprint density at radius 3 is 2.40 bits per heavy atom. The van der Waals surface area contributed by atoms with E-state index in [2.05, 4.69) is 18.1 Å². The summed E-state index contributed by atoms with van der Waals surface area (Å²) in [5.74, 6) is 1.64. The van der Waals surface area contributed by atoms with Gasteiger partial charge in [-0.3, -0.25) is 0 Å². The second kappa shape index (κ2) is 5.29. The quantitative estimate of drug-likeness (QED) is 0.919. The van der Waals surface area contributed by atoms with E-state index in [-0.39, 0.29) is 11.1 Å². The largest absolute Gasteiger partial charge is 0.476 e. The van der Waals surface area contributed by atoms with Gasteiger partial charge in [0, 0.05) is 17.2 Å². The van der Waals surface area contributed by atoms with E-state index in [9.17, 15) is 9.90 Å². The third kappa shape index (κ3) is 2.31. The number of aromatic carboxylic acids is 1. The lowest BCUT2D eigenvalue weighted by Crippen LogP contribution is -2.49. The minimum Gasteiger partial charge on any atom is -0.476 e. The monoisotopic (exact) mass is 339 g/mol. The normalized spacial score (nSPS) is 33.2. The molecule has 4 aliphatic rings. The van der Waals surface area contributed by atoms with E-state index in [4.69, 9.17) is 4.98 Å². The van der Waals surface area contributed by atoms with Gasteiger partial charge in [-0.15, -0.1) is 0 Å². The number of carboxylic acid groups (broad SMARTS) is 1. The van der Waals surface area contributed by atoms with E-state index in [1.165, 1.54) is 44.2 Å². The molecule has 0 unspecified atom stereocenters. The molecule has 25 heavy (non-hydrogen) atoms. The summed E-state index contributed by atoms with van der Waals surface area (Å²) in [7, 11) is 0. The zero-order valence-corrected chi connectivity index (χ0v) is 14.7. The lowest BCUT2D eigenvalue weighted by atomic mass is 9.49. The van der Waals surface area contributed by atoms with Gasteiger partial charge in [0.1, 0.15) is 0 Å². The van der Waals surface area contributed by atoms with Crippen molar-refractivity contribution >= 4 is 11.6 Å². The molecule has 1 N–H and O–H groups in total. The summed E-state index contributed by atoms with van der Waals surface area (Å²) in [6.45, 7) is 2.15. The van der Waals surface area contributed by atoms with E-state index in [1.54, 1.807) is 10.6 Å². The number of carbonyl (C=O) groups is 1. The molecule has 4 aliphatic carbocycles. The average Bonchev–Trinajstić information content (AvgIpc) is 2.98. The number of hydrogen-bond acceptors (Lipinski definition) is 3. The molecule has 2 aromatic heterocycles. The molecule has 0 aromatic carbocycles. The smallest absolute Gasteiger partial charge is 0.356 e. The first kappa shape index (κ1) is 15.4. The van der Waals surface area contributed by atoms with Crippen LogP contribution in [0.4, 0.5) is 0 Å². The van der Waals surface area contributed by atoms with Crippen molar-refractivity contribution in [2.24, 2.45) is 17.8 Å². The highest BCUT2D eigenvalue weighted by Crippen LogP contribution is 2.60. The maximum Gasteiger partial charge on any atom is 0.356 e. The number of rotatable bonds is 4. The van der Waals surface area contributed by atoms with Crippen LogP contribution >= 0.6 is 0 Å². The van der Waals surface area contributed by atoms with E-state index in [1.807, 2.05) is 0 Å². The highest BCUT2D eigenvalue weighted by Gasteiger charge is 2.52. The van der Waals surface area contributed by atoms with Crippen molar-refractivity contribution in [2.45, 2.75) is 63.7 Å². The second-order valence-corrected chi connectivity index (χ2v) is 8.69. The molecule has 4 fully saturated rings. The Balaban J connectivity index is 1.65. The van der Waals surface area contributed by atoms with Crippen LogP contribution < -0.4 is 0 Å². The highest BCUT2D eigenvalue weighted by atomic mass is 16.4. The van der Waals surface area contributed by atoms with Crippen molar-refractivity contribution < 1.29 is 9.90 Å². The summed E-state index contributed by atoms with van der Waals surface area (Å²) in [5, 5.41) is 13.6. The van der Waals surface area contributed by atoms with Gasteiger partial charge in [0.2, 0.25) is 0 Å². The fourth-order valence-corrected chi connectivity index (χ4v) is 6.27. The van der Waals surface area contributed by atoms with Crippen molar-refractivity contribution in [3.63, 3.8) is 0 Å². The Labute approximate surface area is 147 Å². The fourth-order valence-electron chi connectivity index (χ4n) is 6.27. The Hall–Kier alpha value is -1.91. The summed E-state index contributed by atoms with van der Waals surface area (Å²) in [6, 6.07) is 3.87. The number of aryl methyl sites for hydroxylation is 1. The van der Waals surface area contributed by atoms with Gasteiger partial charge in [-0.1, -0.05) is 13.3 Å². The zero-order chi connectivity index (χ0) is 17.2. The lowest BCUT2D eigenvalue weighted by Gasteiger charge is -2.56. The molecule has 132 valence electrons. The zero-order valence-electron chi connectivity index (χ0n) is 14.7. The van der Waals surface area contributed by atoms with Crippen molar-refractivity contribution in [1.29, 1.82) is 0 Å². The maximum absolute atomic E-state index is 11.3. The standard InChI is InChI=1S/C20H25N3O2/c1-2-3-15-7-17(21-18-8-16(19(24)25)22-23(15)18)20-9-12-4-13(10-20)6-14(5-12)11-20/h7-8,12-14H,2-6,9-11H2,1H3,(H,24,25). The minimum absolute atomic E-state index is 0.0903. The van der Waals surface area contributed by atoms with Crippen LogP contribution in [0.2, 0.25) is 0 Å². The molecular weight excluding hydrogens is 314 g/mol. The fraction of sp³-hybridized carbons (Fsp3) is 0.650. The van der Waals surface area contributed by atoms with Crippen molar-refractivity contribution in [3.05, 3.63) is 29.2 Å². The number of hydrogen-bond donors (Lipinski definition) is 1. The molecular formula is C20H25N3O2. The first-order chi connectivity index (χ1) is 12.1. The van der Waals surface area contributed by atoms with Gasteiger partial charge in [0.05, 0.1) is 5.69 Å². The highest BCUT2D eigenvalue weighted by molar-refractivity contribution is 5.86. The molecule has 0 saturated heterocycles. The Morgan fingerprint density at radius 1 is 1.20 bits per heavy atom. The van der Waals surface area contributed by atoms with E-state index < -0.39 is 5.97 Å². The predicted octanol–water partition coefficient (Wildman–Crippen LogP) is 3.85. The first-order valence-electron chi connectivity index (χ1n) is 9.70. The summed E-state index contributed by atoms with van der Waals surface area (Å²) < 4.78 is 1.75. The molecule has 5 heteroatoms. The van der Waals surface area contributed by atoms with Crippen molar-refractivity contribution in [1.82, 2.24) is 14.6 Å². The molecule has 0 amide bonds. The molecule has 0 atom stereocenters. The molecule has 5 nitrogen and oxygen atoms in total. The van der Waals surface area contributed by atoms with Crippen molar-refractivity contribution in [2.75, 3.05) is 0 Å². The number of nitrogens with zero attached hydrogens (tertiary/aromatic N) is 3. The molecule has 0 radical (unpaired) electrons. The lowest BCUT2D eigenvalue weighted by molar-refractivity contribution is -0.00719. The third-order valence-corrected chi connectivity index (χ3v) is 6.81. The van der Waals surface area contributed by atoms with Crippen LogP contribution in [-0.2, 0) is 11.8 Å². The van der Waals surface area contributed by atoms with Gasteiger partial charge >= 0.3 is 5.97 Å². The molecule has 2 heterocycles. The first-order valence-corrected chi connectivity index (χ1v) is 9.70. The molecule has 4 saturated carbocycles. The third-order valence-electron chi connectivity index (χ3n) is 6.81. The summed E-state index contributed by atoms with van der Waals surface area (Å²) in [5.41, 5.74) is 3.33. The van der Waals surface area contributed by atoms with Gasteiger partial charge in [-0.25, -0.2) is 14.3 Å². The minimum atomic E-state index is -0.982. The van der Waals surface area contributed by atoms with E-state index in [0.29, 0.717) is 5.65 Å². The molecule has 4 bridgehead atoms. The molecule has 0 spiro atoms. The second-order valence-electron chi connectivity index (χ2n) is 8.69. The summed E-state index contributed by atoms with van der Waals surface area (Å²) in [4.78, 5) is 16.3. The molecule has 6 rings (SSSR count). The number of carboxylic acids is 1. The van der Waals surface area contributed by atoms with Crippen LogP contribution in [-0.4, -0.2) is 25.7 Å². The summed E-state index contributed by atoms with van der Waals surface area (Å²) in [6.07, 6.45) is 9.98. The van der Waals surface area contributed by atoms with Crippen LogP contribution in [0, 0.1) is 17.8 Å². The number of aromatic nitrogens is 3. The molecule has 2 aromatic rings. The van der Waals surface area contributed by atoms with Crippen LogP contribution in [0.15, 0.2) is 12.1 Å². The van der Waals surface area contributed by atoms with Crippen LogP contribution in [0.5, 0.6) is 0 Å². The number of fused-ring (bicyclic) bond motifs is 1. The van der Waals surface area contributed by atoms with Gasteiger partial charge in [0.25, 0.3) is 0 Å². The van der Waals surface area contributed by atoms with E-state index in [0.717, 1.165) is 36.3 Å². The van der Waals surface area contributed by atoms with Gasteiger partial charge in [-0.2, -0.15) is 5.10 Å². The van der Waals surface area contributed by atoms with Gasteiger partial charge in [-0.05, 0) is 68.8 Å². The van der Waals surface area contributed by atoms with Crippen LogP contribution in [0.1, 0.15) is 73.7 Å². The SMILES string of the molecule is CCCc1cc(C23CC4CC(CC(C4)C2)C3)nc2cc(C(=O)O)nn12. The van der Waals surface area contributed by atoms with Gasteiger partial charge in [0.15, 0.2) is 11.3 Å². The molecule has 0 aliphatic heterocycles. The van der Waals surface area contributed by atoms with Gasteiger partial charge < -0.3 is 5.11 Å².